The van der Waals surface area contributed by atoms with Gasteiger partial charge in [-0.05, 0) is 48.7 Å². The van der Waals surface area contributed by atoms with Gasteiger partial charge in [-0.3, -0.25) is 9.78 Å². The van der Waals surface area contributed by atoms with E-state index in [0.717, 1.165) is 28.8 Å². The van der Waals surface area contributed by atoms with Gasteiger partial charge in [0, 0.05) is 35.9 Å². The smallest absolute Gasteiger partial charge is 0.396 e. The number of nitrogens with zero attached hydrogens (tertiary/aromatic N) is 3. The van der Waals surface area contributed by atoms with Gasteiger partial charge in [0.05, 0.1) is 36.0 Å². The molecule has 0 spiro atoms. The Morgan fingerprint density at radius 1 is 1.32 bits per heavy atom. The number of hydrogen-bond donors (Lipinski definition) is 2. The molecular weight excluding hydrogens is 449 g/mol. The molecule has 0 radical (unpaired) electrons. The fraction of sp³-hybridized carbons (Fsp3) is 0.375. The number of carbonyl (C=O) groups excluding carboxylic acids is 1. The number of aromatic nitrogens is 2. The number of benzene rings is 1. The molecule has 2 aromatic heterocycles. The number of aliphatic hydroxyl groups is 1. The molecule has 0 fully saturated rings. The van der Waals surface area contributed by atoms with Gasteiger partial charge >= 0.3 is 6.18 Å². The SMILES string of the molecule is C[C@@H](CO)CN(Cc1ccc(C(F)(F)F)cn1)C(=O)c1ccc2nc(N)c3c(c2c1)CO[C@@H]3C. The molecule has 1 aliphatic heterocycles. The van der Waals surface area contributed by atoms with E-state index in [-0.39, 0.29) is 37.6 Å². The molecule has 0 bridgehead atoms. The number of rotatable bonds is 6. The number of carbonyl (C=O) groups is 1. The average Bonchev–Trinajstić information content (AvgIpc) is 3.20. The summed E-state index contributed by atoms with van der Waals surface area (Å²) in [6.45, 7) is 4.08. The summed E-state index contributed by atoms with van der Waals surface area (Å²) < 4.78 is 44.3. The maximum atomic E-state index is 13.5. The summed E-state index contributed by atoms with van der Waals surface area (Å²) in [6.07, 6.45) is -3.93. The number of nitrogen functional groups attached to an aromatic ring is 1. The number of pyridine rings is 2. The summed E-state index contributed by atoms with van der Waals surface area (Å²) in [5, 5.41) is 10.3. The Morgan fingerprint density at radius 3 is 2.74 bits per heavy atom. The lowest BCUT2D eigenvalue weighted by atomic mass is 10.00. The molecule has 34 heavy (non-hydrogen) atoms. The lowest BCUT2D eigenvalue weighted by Gasteiger charge is -2.25. The van der Waals surface area contributed by atoms with Crippen molar-refractivity contribution in [2.24, 2.45) is 5.92 Å². The van der Waals surface area contributed by atoms with E-state index >= 15 is 0 Å². The summed E-state index contributed by atoms with van der Waals surface area (Å²) in [5.74, 6) is -0.168. The molecule has 0 saturated carbocycles. The number of ether oxygens (including phenoxy) is 1. The zero-order chi connectivity index (χ0) is 24.6. The van der Waals surface area contributed by atoms with Crippen molar-refractivity contribution in [1.82, 2.24) is 14.9 Å². The highest BCUT2D eigenvalue weighted by Gasteiger charge is 2.31. The quantitative estimate of drug-likeness (QED) is 0.558. The summed E-state index contributed by atoms with van der Waals surface area (Å²) in [4.78, 5) is 23.3. The molecule has 10 heteroatoms. The predicted octanol–water partition coefficient (Wildman–Crippen LogP) is 4.09. The van der Waals surface area contributed by atoms with Gasteiger partial charge in [0.1, 0.15) is 5.82 Å². The summed E-state index contributed by atoms with van der Waals surface area (Å²) in [5.41, 5.74) is 8.29. The largest absolute Gasteiger partial charge is 0.417 e. The Bertz CT molecular complexity index is 1210. The molecule has 1 amide bonds. The Labute approximate surface area is 194 Å². The van der Waals surface area contributed by atoms with Gasteiger partial charge in [0.15, 0.2) is 0 Å². The van der Waals surface area contributed by atoms with E-state index in [9.17, 15) is 23.1 Å². The molecular formula is C24H25F3N4O3. The van der Waals surface area contributed by atoms with E-state index < -0.39 is 11.7 Å². The molecule has 0 aliphatic carbocycles. The van der Waals surface area contributed by atoms with Gasteiger partial charge < -0.3 is 20.5 Å². The van der Waals surface area contributed by atoms with Crippen molar-refractivity contribution < 1.29 is 27.8 Å². The highest BCUT2D eigenvalue weighted by molar-refractivity contribution is 5.99. The van der Waals surface area contributed by atoms with Crippen molar-refractivity contribution in [3.05, 3.63) is 64.5 Å². The second-order valence-corrected chi connectivity index (χ2v) is 8.58. The van der Waals surface area contributed by atoms with Crippen molar-refractivity contribution >= 4 is 22.6 Å². The standard InChI is InChI=1S/C24H25F3N4O3/c1-13(11-32)9-31(10-17-5-4-16(8-29-17)24(25,26)27)23(33)15-3-6-20-18(7-15)19-12-34-14(2)21(19)22(28)30-20/h3-8,13-14,32H,9-12H2,1-2H3,(H2,28,30)/t13-,14-/m1/s1. The van der Waals surface area contributed by atoms with Crippen molar-refractivity contribution in [3.8, 4) is 0 Å². The highest BCUT2D eigenvalue weighted by atomic mass is 19.4. The van der Waals surface area contributed by atoms with Crippen molar-refractivity contribution in [1.29, 1.82) is 0 Å². The average molecular weight is 474 g/mol. The molecule has 2 atom stereocenters. The molecule has 180 valence electrons. The van der Waals surface area contributed by atoms with Crippen LogP contribution in [0.3, 0.4) is 0 Å². The first kappa shape index (κ1) is 23.9. The lowest BCUT2D eigenvalue weighted by Crippen LogP contribution is -2.35. The maximum absolute atomic E-state index is 13.5. The van der Waals surface area contributed by atoms with Crippen LogP contribution in [0.1, 0.15) is 52.7 Å². The fourth-order valence-electron chi connectivity index (χ4n) is 4.12. The van der Waals surface area contributed by atoms with E-state index in [1.165, 1.54) is 11.0 Å². The van der Waals surface area contributed by atoms with Gasteiger partial charge in [-0.2, -0.15) is 13.2 Å². The number of anilines is 1. The second kappa shape index (κ2) is 9.19. The minimum Gasteiger partial charge on any atom is -0.396 e. The zero-order valence-electron chi connectivity index (χ0n) is 18.8. The van der Waals surface area contributed by atoms with Crippen LogP contribution in [-0.4, -0.2) is 39.0 Å². The molecule has 3 heterocycles. The molecule has 7 nitrogen and oxygen atoms in total. The third-order valence-electron chi connectivity index (χ3n) is 5.93. The molecule has 0 unspecified atom stereocenters. The van der Waals surface area contributed by atoms with Gasteiger partial charge in [0.2, 0.25) is 0 Å². The number of alkyl halides is 3. The number of nitrogens with two attached hydrogens (primary N) is 1. The van der Waals surface area contributed by atoms with Crippen LogP contribution in [0.25, 0.3) is 10.9 Å². The van der Waals surface area contributed by atoms with Crippen LogP contribution in [0.4, 0.5) is 19.0 Å². The topological polar surface area (TPSA) is 102 Å². The monoisotopic (exact) mass is 474 g/mol. The number of fused-ring (bicyclic) bond motifs is 3. The first-order valence-corrected chi connectivity index (χ1v) is 10.8. The van der Waals surface area contributed by atoms with Gasteiger partial charge in [-0.15, -0.1) is 0 Å². The van der Waals surface area contributed by atoms with Crippen LogP contribution in [0, 0.1) is 5.92 Å². The van der Waals surface area contributed by atoms with E-state index in [1.807, 2.05) is 6.92 Å². The number of halogens is 3. The lowest BCUT2D eigenvalue weighted by molar-refractivity contribution is -0.137. The van der Waals surface area contributed by atoms with Crippen molar-refractivity contribution in [2.45, 2.75) is 39.3 Å². The zero-order valence-corrected chi connectivity index (χ0v) is 18.8. The normalized spacial score (nSPS) is 16.5. The minimum atomic E-state index is -4.49. The molecule has 3 aromatic rings. The molecule has 3 N–H and O–H groups in total. The first-order valence-electron chi connectivity index (χ1n) is 10.8. The Morgan fingerprint density at radius 2 is 2.09 bits per heavy atom. The van der Waals surface area contributed by atoms with Crippen LogP contribution in [0.5, 0.6) is 0 Å². The third kappa shape index (κ3) is 4.69. The van der Waals surface area contributed by atoms with Crippen molar-refractivity contribution in [3.63, 3.8) is 0 Å². The summed E-state index contributed by atoms with van der Waals surface area (Å²) in [6, 6.07) is 7.29. The fourth-order valence-corrected chi connectivity index (χ4v) is 4.12. The summed E-state index contributed by atoms with van der Waals surface area (Å²) in [7, 11) is 0. The maximum Gasteiger partial charge on any atom is 0.417 e. The number of hydrogen-bond acceptors (Lipinski definition) is 6. The molecule has 0 saturated heterocycles. The van der Waals surface area contributed by atoms with Crippen LogP contribution in [0.15, 0.2) is 36.5 Å². The second-order valence-electron chi connectivity index (χ2n) is 8.58. The van der Waals surface area contributed by atoms with E-state index in [4.69, 9.17) is 10.5 Å². The number of amides is 1. The van der Waals surface area contributed by atoms with Gasteiger partial charge in [-0.25, -0.2) is 4.98 Å². The molecule has 4 rings (SSSR count). The van der Waals surface area contributed by atoms with E-state index in [2.05, 4.69) is 9.97 Å². The van der Waals surface area contributed by atoms with E-state index in [1.54, 1.807) is 25.1 Å². The Hall–Kier alpha value is -3.24. The molecule has 1 aromatic carbocycles. The van der Waals surface area contributed by atoms with E-state index in [0.29, 0.717) is 29.2 Å². The van der Waals surface area contributed by atoms with Gasteiger partial charge in [0.25, 0.3) is 5.91 Å². The van der Waals surface area contributed by atoms with Crippen LogP contribution >= 0.6 is 0 Å². The summed E-state index contributed by atoms with van der Waals surface area (Å²) >= 11 is 0. The predicted molar refractivity (Wildman–Crippen MR) is 120 cm³/mol. The van der Waals surface area contributed by atoms with Crippen LogP contribution in [-0.2, 0) is 24.1 Å². The third-order valence-corrected chi connectivity index (χ3v) is 5.93. The van der Waals surface area contributed by atoms with Gasteiger partial charge in [-0.1, -0.05) is 6.92 Å². The molecule has 1 aliphatic rings. The van der Waals surface area contributed by atoms with Crippen molar-refractivity contribution in [2.75, 3.05) is 18.9 Å². The van der Waals surface area contributed by atoms with Crippen LogP contribution in [0.2, 0.25) is 0 Å². The highest BCUT2D eigenvalue weighted by Crippen LogP contribution is 2.38. The Kier molecular flexibility index (Phi) is 6.46. The van der Waals surface area contributed by atoms with Crippen LogP contribution < -0.4 is 5.73 Å². The first-order chi connectivity index (χ1) is 16.1. The Balaban J connectivity index is 1.67. The number of aliphatic hydroxyl groups excluding tert-OH is 1. The minimum absolute atomic E-state index is 0.00239.